The highest BCUT2D eigenvalue weighted by Crippen LogP contribution is 2.11. The predicted molar refractivity (Wildman–Crippen MR) is 57.1 cm³/mol. The van der Waals surface area contributed by atoms with Gasteiger partial charge in [0.05, 0.1) is 0 Å². The maximum atomic E-state index is 11.4. The molecule has 0 aliphatic rings. The predicted octanol–water partition coefficient (Wildman–Crippen LogP) is 1.09. The van der Waals surface area contributed by atoms with Crippen molar-refractivity contribution in [2.45, 2.75) is 0 Å². The van der Waals surface area contributed by atoms with E-state index in [4.69, 9.17) is 0 Å². The van der Waals surface area contributed by atoms with Crippen molar-refractivity contribution in [1.82, 2.24) is 4.31 Å². The summed E-state index contributed by atoms with van der Waals surface area (Å²) in [6, 6.07) is 6.83. The monoisotopic (exact) mass is 213 g/mol. The van der Waals surface area contributed by atoms with E-state index in [1.54, 1.807) is 24.3 Å². The van der Waals surface area contributed by atoms with Crippen molar-refractivity contribution in [1.29, 1.82) is 0 Å². The molecule has 1 radical (unpaired) electrons. The van der Waals surface area contributed by atoms with E-state index in [0.29, 0.717) is 5.69 Å². The van der Waals surface area contributed by atoms with E-state index in [1.807, 2.05) is 0 Å². The molecule has 0 fully saturated rings. The van der Waals surface area contributed by atoms with Crippen LogP contribution in [0.25, 0.3) is 0 Å². The minimum atomic E-state index is -3.40. The molecule has 5 heteroatoms. The summed E-state index contributed by atoms with van der Waals surface area (Å²) in [6.45, 7) is 3.71. The second-order valence-corrected chi connectivity index (χ2v) is 4.97. The summed E-state index contributed by atoms with van der Waals surface area (Å²) in [5.41, 5.74) is 1.38. The zero-order valence-corrected chi connectivity index (χ0v) is 9.00. The van der Waals surface area contributed by atoms with Crippen LogP contribution < -0.4 is 4.72 Å². The first kappa shape index (κ1) is 11.0. The molecule has 0 heterocycles. The number of hydrogen-bond acceptors (Lipinski definition) is 2. The average molecular weight is 213 g/mol. The van der Waals surface area contributed by atoms with E-state index in [1.165, 1.54) is 14.1 Å². The van der Waals surface area contributed by atoms with Gasteiger partial charge in [0.1, 0.15) is 0 Å². The molecule has 4 nitrogen and oxygen atoms in total. The van der Waals surface area contributed by atoms with Gasteiger partial charge < -0.3 is 0 Å². The number of benzene rings is 1. The summed E-state index contributed by atoms with van der Waals surface area (Å²) >= 11 is 0. The molecule has 0 bridgehead atoms. The first-order chi connectivity index (χ1) is 6.42. The van der Waals surface area contributed by atoms with Crippen molar-refractivity contribution >= 4 is 15.9 Å². The maximum Gasteiger partial charge on any atom is 0.301 e. The second kappa shape index (κ2) is 3.98. The van der Waals surface area contributed by atoms with Gasteiger partial charge in [-0.25, -0.2) is 0 Å². The Kier molecular flexibility index (Phi) is 3.13. The largest absolute Gasteiger partial charge is 0.301 e. The van der Waals surface area contributed by atoms with Gasteiger partial charge in [-0.15, -0.1) is 0 Å². The quantitative estimate of drug-likeness (QED) is 0.817. The highest BCUT2D eigenvalue weighted by Gasteiger charge is 2.11. The lowest BCUT2D eigenvalue weighted by Gasteiger charge is -2.13. The molecule has 0 aromatic heterocycles. The summed E-state index contributed by atoms with van der Waals surface area (Å²) in [5, 5.41) is 0. The van der Waals surface area contributed by atoms with Gasteiger partial charge >= 0.3 is 10.2 Å². The van der Waals surface area contributed by atoms with Crippen LogP contribution in [-0.2, 0) is 10.2 Å². The molecule has 0 atom stereocenters. The van der Waals surface area contributed by atoms with Crippen molar-refractivity contribution in [3.8, 4) is 0 Å². The average Bonchev–Trinajstić information content (AvgIpc) is 2.08. The van der Waals surface area contributed by atoms with Crippen LogP contribution >= 0.6 is 0 Å². The highest BCUT2D eigenvalue weighted by atomic mass is 32.2. The summed E-state index contributed by atoms with van der Waals surface area (Å²) in [6.07, 6.45) is 0. The van der Waals surface area contributed by atoms with Crippen LogP contribution in [-0.4, -0.2) is 26.8 Å². The number of hydrogen-bond donors (Lipinski definition) is 1. The van der Waals surface area contributed by atoms with Gasteiger partial charge in [-0.2, -0.15) is 12.7 Å². The molecule has 1 rings (SSSR count). The van der Waals surface area contributed by atoms with Gasteiger partial charge in [0.15, 0.2) is 0 Å². The fourth-order valence-electron chi connectivity index (χ4n) is 0.813. The molecule has 1 N–H and O–H groups in total. The Morgan fingerprint density at radius 1 is 1.21 bits per heavy atom. The van der Waals surface area contributed by atoms with Crippen LogP contribution in [0.4, 0.5) is 5.69 Å². The van der Waals surface area contributed by atoms with E-state index in [9.17, 15) is 8.42 Å². The molecular formula is C9H13N2O2S. The van der Waals surface area contributed by atoms with E-state index >= 15 is 0 Å². The molecule has 0 amide bonds. The summed E-state index contributed by atoms with van der Waals surface area (Å²) in [5.74, 6) is 0. The topological polar surface area (TPSA) is 49.4 Å². The SMILES string of the molecule is [CH2]c1ccc(NS(=O)(=O)N(C)C)cc1. The van der Waals surface area contributed by atoms with Gasteiger partial charge in [0, 0.05) is 19.8 Å². The van der Waals surface area contributed by atoms with E-state index in [0.717, 1.165) is 9.87 Å². The second-order valence-electron chi connectivity index (χ2n) is 3.09. The fraction of sp³-hybridized carbons (Fsp3) is 0.222. The fourth-order valence-corrected chi connectivity index (χ4v) is 1.43. The van der Waals surface area contributed by atoms with Crippen LogP contribution in [0.5, 0.6) is 0 Å². The Morgan fingerprint density at radius 3 is 2.14 bits per heavy atom. The standard InChI is InChI=1S/C9H13N2O2S/c1-8-4-6-9(7-5-8)10-14(12,13)11(2)3/h4-7,10H,1H2,2-3H3. The molecule has 0 aliphatic heterocycles. The molecule has 0 spiro atoms. The highest BCUT2D eigenvalue weighted by molar-refractivity contribution is 7.90. The molecule has 14 heavy (non-hydrogen) atoms. The van der Waals surface area contributed by atoms with Crippen LogP contribution in [0.3, 0.4) is 0 Å². The Hall–Kier alpha value is -1.07. The van der Waals surface area contributed by atoms with E-state index in [2.05, 4.69) is 11.6 Å². The molecular weight excluding hydrogens is 200 g/mol. The Labute approximate surface area is 84.7 Å². The summed E-state index contributed by atoms with van der Waals surface area (Å²) in [4.78, 5) is 0. The first-order valence-corrected chi connectivity index (χ1v) is 5.48. The number of nitrogens with zero attached hydrogens (tertiary/aromatic N) is 1. The molecule has 1 aromatic rings. The van der Waals surface area contributed by atoms with E-state index < -0.39 is 10.2 Å². The summed E-state index contributed by atoms with van der Waals surface area (Å²) < 4.78 is 26.3. The lowest BCUT2D eigenvalue weighted by Crippen LogP contribution is -2.28. The molecule has 1 aromatic carbocycles. The normalized spacial score (nSPS) is 11.7. The number of nitrogens with one attached hydrogen (secondary N) is 1. The maximum absolute atomic E-state index is 11.4. The number of anilines is 1. The van der Waals surface area contributed by atoms with Crippen molar-refractivity contribution in [2.24, 2.45) is 0 Å². The molecule has 0 saturated carbocycles. The Morgan fingerprint density at radius 2 is 1.71 bits per heavy atom. The van der Waals surface area contributed by atoms with Gasteiger partial charge in [0.2, 0.25) is 0 Å². The van der Waals surface area contributed by atoms with Gasteiger partial charge in [-0.1, -0.05) is 12.1 Å². The van der Waals surface area contributed by atoms with Crippen LogP contribution in [0.2, 0.25) is 0 Å². The molecule has 77 valence electrons. The zero-order valence-electron chi connectivity index (χ0n) is 8.19. The van der Waals surface area contributed by atoms with Gasteiger partial charge in [-0.3, -0.25) is 4.72 Å². The number of rotatable bonds is 3. The Bertz CT molecular complexity index is 395. The van der Waals surface area contributed by atoms with Crippen LogP contribution in [0.1, 0.15) is 5.56 Å². The third-order valence-electron chi connectivity index (χ3n) is 1.68. The van der Waals surface area contributed by atoms with Crippen molar-refractivity contribution in [3.05, 3.63) is 36.8 Å². The molecule has 0 saturated heterocycles. The van der Waals surface area contributed by atoms with Crippen LogP contribution in [0, 0.1) is 6.92 Å². The minimum Gasteiger partial charge on any atom is -0.271 e. The van der Waals surface area contributed by atoms with Crippen molar-refractivity contribution in [2.75, 3.05) is 18.8 Å². The van der Waals surface area contributed by atoms with E-state index in [-0.39, 0.29) is 0 Å². The van der Waals surface area contributed by atoms with Crippen molar-refractivity contribution in [3.63, 3.8) is 0 Å². The first-order valence-electron chi connectivity index (χ1n) is 4.04. The molecule has 0 aliphatic carbocycles. The third-order valence-corrected chi connectivity index (χ3v) is 3.14. The lowest BCUT2D eigenvalue weighted by atomic mass is 10.2. The minimum absolute atomic E-state index is 0.533. The Balaban J connectivity index is 2.85. The van der Waals surface area contributed by atoms with Gasteiger partial charge in [-0.05, 0) is 24.6 Å². The summed E-state index contributed by atoms with van der Waals surface area (Å²) in [7, 11) is -0.461. The molecule has 0 unspecified atom stereocenters. The van der Waals surface area contributed by atoms with Crippen molar-refractivity contribution < 1.29 is 8.42 Å². The smallest absolute Gasteiger partial charge is 0.271 e. The third kappa shape index (κ3) is 2.71. The lowest BCUT2D eigenvalue weighted by molar-refractivity contribution is 0.527. The zero-order chi connectivity index (χ0) is 10.8. The van der Waals surface area contributed by atoms with Crippen LogP contribution in [0.15, 0.2) is 24.3 Å². The van der Waals surface area contributed by atoms with Gasteiger partial charge in [0.25, 0.3) is 0 Å².